The second-order valence-electron chi connectivity index (χ2n) is 4.59. The van der Waals surface area contributed by atoms with Gasteiger partial charge in [0.2, 0.25) is 0 Å². The number of imide groups is 1. The van der Waals surface area contributed by atoms with Gasteiger partial charge in [-0.15, -0.1) is 0 Å². The molecule has 0 saturated carbocycles. The van der Waals surface area contributed by atoms with Crippen molar-refractivity contribution in [2.24, 2.45) is 0 Å². The number of rotatable bonds is 4. The largest absolute Gasteiger partial charge is 0.467 e. The van der Waals surface area contributed by atoms with Crippen LogP contribution in [0.15, 0.2) is 41.3 Å². The predicted octanol–water partition coefficient (Wildman–Crippen LogP) is 0.800. The average molecular weight is 289 g/mol. The van der Waals surface area contributed by atoms with Crippen molar-refractivity contribution in [2.45, 2.75) is 6.04 Å². The molecule has 3 rings (SSSR count). The van der Waals surface area contributed by atoms with Gasteiger partial charge in [0, 0.05) is 32.0 Å². The smallest absolute Gasteiger partial charge is 0.325 e. The second kappa shape index (κ2) is 5.70. The summed E-state index contributed by atoms with van der Waals surface area (Å²) < 4.78 is 7.09. The molecule has 2 aromatic rings. The van der Waals surface area contributed by atoms with Gasteiger partial charge in [-0.05, 0) is 18.2 Å². The predicted molar refractivity (Wildman–Crippen MR) is 72.6 cm³/mol. The first-order chi connectivity index (χ1) is 10.3. The van der Waals surface area contributed by atoms with Crippen LogP contribution in [0.3, 0.4) is 0 Å². The van der Waals surface area contributed by atoms with Gasteiger partial charge < -0.3 is 15.1 Å². The zero-order valence-corrected chi connectivity index (χ0v) is 11.2. The van der Waals surface area contributed by atoms with Crippen molar-refractivity contribution in [1.29, 1.82) is 0 Å². The fraction of sp³-hybridized carbons (Fsp3) is 0.308. The van der Waals surface area contributed by atoms with Crippen LogP contribution in [0.25, 0.3) is 0 Å². The van der Waals surface area contributed by atoms with E-state index in [-0.39, 0.29) is 18.6 Å². The first-order valence-corrected chi connectivity index (χ1v) is 6.61. The molecule has 1 saturated heterocycles. The second-order valence-corrected chi connectivity index (χ2v) is 4.59. The van der Waals surface area contributed by atoms with E-state index < -0.39 is 6.03 Å². The Bertz CT molecular complexity index is 574. The monoisotopic (exact) mass is 289 g/mol. The van der Waals surface area contributed by atoms with Gasteiger partial charge in [-0.2, -0.15) is 5.10 Å². The number of amides is 4. The summed E-state index contributed by atoms with van der Waals surface area (Å²) in [5.74, 6) is 0.685. The lowest BCUT2D eigenvalue weighted by molar-refractivity contribution is 0.197. The highest BCUT2D eigenvalue weighted by Crippen LogP contribution is 2.17. The van der Waals surface area contributed by atoms with Crippen molar-refractivity contribution < 1.29 is 14.0 Å². The van der Waals surface area contributed by atoms with Crippen molar-refractivity contribution in [3.05, 3.63) is 42.6 Å². The van der Waals surface area contributed by atoms with Crippen molar-refractivity contribution in [3.63, 3.8) is 0 Å². The first kappa shape index (κ1) is 13.2. The molecule has 8 nitrogen and oxygen atoms in total. The Kier molecular flexibility index (Phi) is 3.59. The maximum Gasteiger partial charge on any atom is 0.325 e. The topological polar surface area (TPSA) is 92.4 Å². The minimum absolute atomic E-state index is 0.260. The van der Waals surface area contributed by atoms with E-state index in [0.29, 0.717) is 18.8 Å². The molecule has 0 spiro atoms. The molecule has 0 radical (unpaired) electrons. The van der Waals surface area contributed by atoms with Crippen LogP contribution >= 0.6 is 0 Å². The molecule has 0 aliphatic carbocycles. The molecule has 8 heteroatoms. The standard InChI is InChI=1S/C13H15N5O3/c19-12-14-5-7-17(12)13(20)15-9-10(11-3-1-8-21-11)18-6-2-4-16-18/h1-4,6,8,10H,5,7,9H2,(H,14,19)(H,15,20)/t10-/m1/s1. The van der Waals surface area contributed by atoms with Gasteiger partial charge in [0.05, 0.1) is 6.26 Å². The molecule has 0 bridgehead atoms. The Morgan fingerprint density at radius 2 is 2.43 bits per heavy atom. The number of aromatic nitrogens is 2. The average Bonchev–Trinajstić information content (AvgIpc) is 3.21. The van der Waals surface area contributed by atoms with E-state index in [1.165, 1.54) is 0 Å². The van der Waals surface area contributed by atoms with Gasteiger partial charge in [-0.25, -0.2) is 14.5 Å². The molecule has 0 unspecified atom stereocenters. The third kappa shape index (κ3) is 2.73. The summed E-state index contributed by atoms with van der Waals surface area (Å²) in [6.07, 6.45) is 5.02. The fourth-order valence-electron chi connectivity index (χ4n) is 2.22. The number of urea groups is 2. The van der Waals surface area contributed by atoms with Crippen LogP contribution in [0.4, 0.5) is 9.59 Å². The molecule has 21 heavy (non-hydrogen) atoms. The molecular formula is C13H15N5O3. The summed E-state index contributed by atoms with van der Waals surface area (Å²) in [4.78, 5) is 24.6. The Labute approximate surface area is 120 Å². The number of hydrogen-bond acceptors (Lipinski definition) is 4. The minimum atomic E-state index is -0.422. The van der Waals surface area contributed by atoms with E-state index in [9.17, 15) is 9.59 Å². The molecule has 1 aliphatic rings. The van der Waals surface area contributed by atoms with Crippen LogP contribution in [-0.4, -0.2) is 46.4 Å². The molecule has 1 fully saturated rings. The Morgan fingerprint density at radius 3 is 3.05 bits per heavy atom. The van der Waals surface area contributed by atoms with Crippen molar-refractivity contribution >= 4 is 12.1 Å². The van der Waals surface area contributed by atoms with E-state index in [4.69, 9.17) is 4.42 Å². The maximum absolute atomic E-state index is 12.0. The van der Waals surface area contributed by atoms with Crippen LogP contribution in [0, 0.1) is 0 Å². The fourth-order valence-corrected chi connectivity index (χ4v) is 2.22. The normalized spacial score (nSPS) is 15.8. The Morgan fingerprint density at radius 1 is 1.52 bits per heavy atom. The summed E-state index contributed by atoms with van der Waals surface area (Å²) in [5.41, 5.74) is 0. The number of carbonyl (C=O) groups is 2. The lowest BCUT2D eigenvalue weighted by Crippen LogP contribution is -2.43. The lowest BCUT2D eigenvalue weighted by Gasteiger charge is -2.18. The molecule has 3 heterocycles. The van der Waals surface area contributed by atoms with Gasteiger partial charge in [0.25, 0.3) is 0 Å². The summed E-state index contributed by atoms with van der Waals surface area (Å²) in [6, 6.07) is 4.34. The van der Waals surface area contributed by atoms with E-state index in [1.54, 1.807) is 35.5 Å². The highest BCUT2D eigenvalue weighted by Gasteiger charge is 2.27. The highest BCUT2D eigenvalue weighted by atomic mass is 16.3. The Hall–Kier alpha value is -2.77. The first-order valence-electron chi connectivity index (χ1n) is 6.61. The molecule has 0 aromatic carbocycles. The zero-order chi connectivity index (χ0) is 14.7. The van der Waals surface area contributed by atoms with Crippen LogP contribution in [0.2, 0.25) is 0 Å². The van der Waals surface area contributed by atoms with E-state index in [1.807, 2.05) is 6.07 Å². The maximum atomic E-state index is 12.0. The van der Waals surface area contributed by atoms with Crippen molar-refractivity contribution in [1.82, 2.24) is 25.3 Å². The van der Waals surface area contributed by atoms with Crippen molar-refractivity contribution in [2.75, 3.05) is 19.6 Å². The van der Waals surface area contributed by atoms with Gasteiger partial charge in [-0.3, -0.25) is 4.68 Å². The molecule has 1 atom stereocenters. The molecule has 2 aromatic heterocycles. The number of carbonyl (C=O) groups excluding carboxylic acids is 2. The van der Waals surface area contributed by atoms with Gasteiger partial charge in [-0.1, -0.05) is 0 Å². The summed E-state index contributed by atoms with van der Waals surface area (Å²) in [6.45, 7) is 1.13. The third-order valence-electron chi connectivity index (χ3n) is 3.26. The SMILES string of the molecule is O=C1NCCN1C(=O)NC[C@H](c1ccco1)n1cccn1. The minimum Gasteiger partial charge on any atom is -0.467 e. The highest BCUT2D eigenvalue weighted by molar-refractivity contribution is 5.94. The number of nitrogens with zero attached hydrogens (tertiary/aromatic N) is 3. The summed E-state index contributed by atoms with van der Waals surface area (Å²) in [7, 11) is 0. The number of nitrogens with one attached hydrogen (secondary N) is 2. The molecule has 1 aliphatic heterocycles. The quantitative estimate of drug-likeness (QED) is 0.870. The Balaban J connectivity index is 1.68. The molecule has 110 valence electrons. The number of furan rings is 1. The van der Waals surface area contributed by atoms with Crippen LogP contribution in [-0.2, 0) is 0 Å². The van der Waals surface area contributed by atoms with Gasteiger partial charge >= 0.3 is 12.1 Å². The summed E-state index contributed by atoms with van der Waals surface area (Å²) >= 11 is 0. The van der Waals surface area contributed by atoms with E-state index >= 15 is 0 Å². The molecule has 2 N–H and O–H groups in total. The van der Waals surface area contributed by atoms with E-state index in [2.05, 4.69) is 15.7 Å². The molecule has 4 amide bonds. The van der Waals surface area contributed by atoms with Gasteiger partial charge in [0.15, 0.2) is 0 Å². The van der Waals surface area contributed by atoms with E-state index in [0.717, 1.165) is 4.90 Å². The van der Waals surface area contributed by atoms with Gasteiger partial charge in [0.1, 0.15) is 11.8 Å². The zero-order valence-electron chi connectivity index (χ0n) is 11.2. The van der Waals surface area contributed by atoms with Crippen LogP contribution in [0.5, 0.6) is 0 Å². The molecular weight excluding hydrogens is 274 g/mol. The third-order valence-corrected chi connectivity index (χ3v) is 3.26. The van der Waals surface area contributed by atoms with Crippen molar-refractivity contribution in [3.8, 4) is 0 Å². The summed E-state index contributed by atoms with van der Waals surface area (Å²) in [5, 5.41) is 9.50. The van der Waals surface area contributed by atoms with Crippen LogP contribution < -0.4 is 10.6 Å². The lowest BCUT2D eigenvalue weighted by atomic mass is 10.2. The number of hydrogen-bond donors (Lipinski definition) is 2. The van der Waals surface area contributed by atoms with Crippen LogP contribution in [0.1, 0.15) is 11.8 Å².